The van der Waals surface area contributed by atoms with Gasteiger partial charge in [0.25, 0.3) is 0 Å². The summed E-state index contributed by atoms with van der Waals surface area (Å²) in [6, 6.07) is 10.3. The van der Waals surface area contributed by atoms with Gasteiger partial charge < -0.3 is 10.0 Å². The topological polar surface area (TPSA) is 23.5 Å². The van der Waals surface area contributed by atoms with E-state index in [0.717, 1.165) is 19.5 Å². The fourth-order valence-corrected chi connectivity index (χ4v) is 1.43. The number of aliphatic hydroxyl groups is 1. The van der Waals surface area contributed by atoms with Crippen molar-refractivity contribution in [2.24, 2.45) is 0 Å². The molecule has 1 aromatic rings. The van der Waals surface area contributed by atoms with Crippen LogP contribution in [0.15, 0.2) is 36.4 Å². The molecule has 88 valence electrons. The normalized spacial score (nSPS) is 13.5. The summed E-state index contributed by atoms with van der Waals surface area (Å²) in [6.07, 6.45) is 4.90. The molecule has 2 nitrogen and oxygen atoms in total. The average Bonchev–Trinajstić information content (AvgIpc) is 2.28. The Morgan fingerprint density at radius 3 is 2.62 bits per heavy atom. The monoisotopic (exact) mass is 219 g/mol. The molecular formula is C14H21NO. The predicted octanol–water partition coefficient (Wildman–Crippen LogP) is 2.40. The Morgan fingerprint density at radius 2 is 2.00 bits per heavy atom. The first-order valence-electron chi connectivity index (χ1n) is 5.76. The lowest BCUT2D eigenvalue weighted by atomic mass is 10.2. The van der Waals surface area contributed by atoms with Gasteiger partial charge in [0.2, 0.25) is 0 Å². The highest BCUT2D eigenvalue weighted by atomic mass is 16.3. The van der Waals surface area contributed by atoms with Crippen molar-refractivity contribution in [2.75, 3.05) is 20.1 Å². The van der Waals surface area contributed by atoms with Crippen LogP contribution in [0.4, 0.5) is 0 Å². The Hall–Kier alpha value is -1.12. The van der Waals surface area contributed by atoms with E-state index in [4.69, 9.17) is 5.11 Å². The van der Waals surface area contributed by atoms with E-state index in [2.05, 4.69) is 36.2 Å². The molecule has 0 aliphatic rings. The van der Waals surface area contributed by atoms with Gasteiger partial charge in [-0.25, -0.2) is 0 Å². The first-order valence-corrected chi connectivity index (χ1v) is 5.76. The van der Waals surface area contributed by atoms with Crippen LogP contribution in [0.1, 0.15) is 18.9 Å². The quantitative estimate of drug-likeness (QED) is 0.794. The minimum atomic E-state index is -0.208. The van der Waals surface area contributed by atoms with Crippen LogP contribution in [-0.4, -0.2) is 36.2 Å². The van der Waals surface area contributed by atoms with Crippen molar-refractivity contribution < 1.29 is 5.11 Å². The Labute approximate surface area is 98.2 Å². The van der Waals surface area contributed by atoms with Crippen LogP contribution in [0.2, 0.25) is 0 Å². The van der Waals surface area contributed by atoms with Crippen LogP contribution in [0.3, 0.4) is 0 Å². The fourth-order valence-electron chi connectivity index (χ4n) is 1.43. The van der Waals surface area contributed by atoms with Gasteiger partial charge in [0.1, 0.15) is 0 Å². The van der Waals surface area contributed by atoms with E-state index in [1.54, 1.807) is 0 Å². The van der Waals surface area contributed by atoms with Gasteiger partial charge in [0.15, 0.2) is 0 Å². The molecule has 1 rings (SSSR count). The van der Waals surface area contributed by atoms with Gasteiger partial charge in [0, 0.05) is 13.1 Å². The number of rotatable bonds is 6. The number of benzene rings is 1. The molecule has 1 unspecified atom stereocenters. The van der Waals surface area contributed by atoms with Gasteiger partial charge in [-0.2, -0.15) is 0 Å². The lowest BCUT2D eigenvalue weighted by Gasteiger charge is -2.14. The van der Waals surface area contributed by atoms with Crippen molar-refractivity contribution in [3.63, 3.8) is 0 Å². The number of nitrogens with zero attached hydrogens (tertiary/aromatic N) is 1. The highest BCUT2D eigenvalue weighted by Crippen LogP contribution is 2.01. The van der Waals surface area contributed by atoms with Gasteiger partial charge in [-0.05, 0) is 26.0 Å². The summed E-state index contributed by atoms with van der Waals surface area (Å²) in [5.41, 5.74) is 1.23. The molecule has 0 spiro atoms. The standard InChI is InChI=1S/C14H21NO/c1-13(16)10-12-15(2)11-6-9-14-7-4-3-5-8-14/h3-9,13,16H,10-12H2,1-2H3/b9-6+. The summed E-state index contributed by atoms with van der Waals surface area (Å²) >= 11 is 0. The van der Waals surface area contributed by atoms with Crippen molar-refractivity contribution in [3.8, 4) is 0 Å². The molecule has 1 aromatic carbocycles. The summed E-state index contributed by atoms with van der Waals surface area (Å²) in [5.74, 6) is 0. The van der Waals surface area contributed by atoms with Crippen LogP contribution in [0, 0.1) is 0 Å². The van der Waals surface area contributed by atoms with Crippen LogP contribution in [-0.2, 0) is 0 Å². The van der Waals surface area contributed by atoms with Crippen LogP contribution in [0.5, 0.6) is 0 Å². The van der Waals surface area contributed by atoms with Gasteiger partial charge in [0.05, 0.1) is 6.10 Å². The molecule has 0 aromatic heterocycles. The number of likely N-dealkylation sites (N-methyl/N-ethyl adjacent to an activating group) is 1. The highest BCUT2D eigenvalue weighted by Gasteiger charge is 1.98. The summed E-state index contributed by atoms with van der Waals surface area (Å²) in [4.78, 5) is 2.20. The second-order valence-electron chi connectivity index (χ2n) is 4.21. The minimum absolute atomic E-state index is 0.208. The van der Waals surface area contributed by atoms with E-state index >= 15 is 0 Å². The van der Waals surface area contributed by atoms with Gasteiger partial charge in [-0.15, -0.1) is 0 Å². The van der Waals surface area contributed by atoms with Crippen molar-refractivity contribution in [1.82, 2.24) is 4.90 Å². The Bertz CT molecular complexity index is 306. The lowest BCUT2D eigenvalue weighted by molar-refractivity contribution is 0.167. The smallest absolute Gasteiger partial charge is 0.0524 e. The second kappa shape index (κ2) is 7.20. The first kappa shape index (κ1) is 12.9. The number of aliphatic hydroxyl groups excluding tert-OH is 1. The van der Waals surface area contributed by atoms with E-state index in [0.29, 0.717) is 0 Å². The van der Waals surface area contributed by atoms with Crippen molar-refractivity contribution in [1.29, 1.82) is 0 Å². The molecule has 0 amide bonds. The van der Waals surface area contributed by atoms with Crippen LogP contribution < -0.4 is 0 Å². The Kier molecular flexibility index (Phi) is 5.83. The molecule has 1 atom stereocenters. The molecule has 2 heteroatoms. The third-order valence-corrected chi connectivity index (χ3v) is 2.46. The highest BCUT2D eigenvalue weighted by molar-refractivity contribution is 5.48. The van der Waals surface area contributed by atoms with Crippen LogP contribution in [0.25, 0.3) is 6.08 Å². The molecule has 0 aliphatic heterocycles. The maximum atomic E-state index is 9.16. The molecule has 0 aliphatic carbocycles. The molecule has 0 fully saturated rings. The molecule has 0 bridgehead atoms. The molecule has 0 saturated carbocycles. The molecule has 0 radical (unpaired) electrons. The van der Waals surface area contributed by atoms with E-state index in [1.165, 1.54) is 5.56 Å². The molecular weight excluding hydrogens is 198 g/mol. The van der Waals surface area contributed by atoms with E-state index in [-0.39, 0.29) is 6.10 Å². The second-order valence-corrected chi connectivity index (χ2v) is 4.21. The van der Waals surface area contributed by atoms with Gasteiger partial charge >= 0.3 is 0 Å². The van der Waals surface area contributed by atoms with Gasteiger partial charge in [-0.1, -0.05) is 42.5 Å². The van der Waals surface area contributed by atoms with Gasteiger partial charge in [-0.3, -0.25) is 0 Å². The van der Waals surface area contributed by atoms with E-state index < -0.39 is 0 Å². The third kappa shape index (κ3) is 5.69. The maximum Gasteiger partial charge on any atom is 0.0524 e. The third-order valence-electron chi connectivity index (χ3n) is 2.46. The SMILES string of the molecule is CC(O)CCN(C)C/C=C/c1ccccc1. The summed E-state index contributed by atoms with van der Waals surface area (Å²) in [5, 5.41) is 9.16. The number of hydrogen-bond donors (Lipinski definition) is 1. The summed E-state index contributed by atoms with van der Waals surface area (Å²) in [7, 11) is 2.07. The zero-order valence-corrected chi connectivity index (χ0v) is 10.1. The van der Waals surface area contributed by atoms with Crippen molar-refractivity contribution >= 4 is 6.08 Å². The minimum Gasteiger partial charge on any atom is -0.393 e. The largest absolute Gasteiger partial charge is 0.393 e. The molecule has 0 saturated heterocycles. The molecule has 1 N–H and O–H groups in total. The fraction of sp³-hybridized carbons (Fsp3) is 0.429. The molecule has 16 heavy (non-hydrogen) atoms. The number of hydrogen-bond acceptors (Lipinski definition) is 2. The zero-order valence-electron chi connectivity index (χ0n) is 10.1. The van der Waals surface area contributed by atoms with Crippen LogP contribution >= 0.6 is 0 Å². The zero-order chi connectivity index (χ0) is 11.8. The summed E-state index contributed by atoms with van der Waals surface area (Å²) in [6.45, 7) is 3.67. The first-order chi connectivity index (χ1) is 7.68. The Morgan fingerprint density at radius 1 is 1.31 bits per heavy atom. The van der Waals surface area contributed by atoms with E-state index in [9.17, 15) is 0 Å². The van der Waals surface area contributed by atoms with Crippen molar-refractivity contribution in [2.45, 2.75) is 19.4 Å². The maximum absolute atomic E-state index is 9.16. The Balaban J connectivity index is 2.26. The lowest BCUT2D eigenvalue weighted by Crippen LogP contribution is -2.22. The average molecular weight is 219 g/mol. The molecule has 0 heterocycles. The predicted molar refractivity (Wildman–Crippen MR) is 69.3 cm³/mol. The van der Waals surface area contributed by atoms with Crippen molar-refractivity contribution in [3.05, 3.63) is 42.0 Å². The van der Waals surface area contributed by atoms with E-state index in [1.807, 2.05) is 25.1 Å². The summed E-state index contributed by atoms with van der Waals surface area (Å²) < 4.78 is 0.